The van der Waals surface area contributed by atoms with Gasteiger partial charge in [0.25, 0.3) is 5.91 Å². The molecule has 0 aromatic carbocycles. The van der Waals surface area contributed by atoms with Crippen LogP contribution in [0, 0.1) is 0 Å². The number of aliphatic carboxylic acids is 1. The molecule has 0 unspecified atom stereocenters. The number of sulfonamides is 1. The van der Waals surface area contributed by atoms with Crippen LogP contribution in [0.4, 0.5) is 0 Å². The maximum Gasteiger partial charge on any atom is 0.305 e. The molecule has 1 N–H and O–H groups in total. The number of aromatic nitrogens is 4. The quantitative estimate of drug-likeness (QED) is 0.679. The van der Waals surface area contributed by atoms with Crippen LogP contribution in [-0.4, -0.2) is 80.3 Å². The van der Waals surface area contributed by atoms with Gasteiger partial charge in [0, 0.05) is 45.6 Å². The first-order valence-corrected chi connectivity index (χ1v) is 9.73. The van der Waals surface area contributed by atoms with Gasteiger partial charge in [-0.1, -0.05) is 0 Å². The first-order valence-electron chi connectivity index (χ1n) is 8.29. The van der Waals surface area contributed by atoms with Gasteiger partial charge in [0.2, 0.25) is 10.0 Å². The van der Waals surface area contributed by atoms with E-state index in [-0.39, 0.29) is 49.9 Å². The van der Waals surface area contributed by atoms with Gasteiger partial charge in [-0.05, 0) is 0 Å². The van der Waals surface area contributed by atoms with Crippen molar-refractivity contribution in [1.29, 1.82) is 0 Å². The molecule has 1 fully saturated rings. The second-order valence-corrected chi connectivity index (χ2v) is 8.12. The van der Waals surface area contributed by atoms with E-state index < -0.39 is 16.0 Å². The van der Waals surface area contributed by atoms with E-state index in [1.165, 1.54) is 38.5 Å². The number of piperazine rings is 1. The van der Waals surface area contributed by atoms with Crippen LogP contribution >= 0.6 is 0 Å². The van der Waals surface area contributed by atoms with Crippen LogP contribution in [0.3, 0.4) is 0 Å². The second kappa shape index (κ2) is 7.48. The molecule has 1 amide bonds. The first-order chi connectivity index (χ1) is 12.8. The zero-order valence-corrected chi connectivity index (χ0v) is 15.5. The van der Waals surface area contributed by atoms with Crippen LogP contribution in [-0.2, 0) is 28.4 Å². The summed E-state index contributed by atoms with van der Waals surface area (Å²) in [6.45, 7) is 1.09. The standard InChI is InChI=1S/C15H20N6O5S/c1-18-11-13(9-16-18)27(25,26)21-6-4-19(5-7-21)15(24)12-8-17-20(10-12)3-2-14(22)23/h8-11H,2-7H2,1H3,(H,22,23). The van der Waals surface area contributed by atoms with Gasteiger partial charge in [-0.25, -0.2) is 8.42 Å². The van der Waals surface area contributed by atoms with Crippen molar-refractivity contribution in [2.24, 2.45) is 7.05 Å². The molecule has 2 aromatic heterocycles. The van der Waals surface area contributed by atoms with E-state index in [1.807, 2.05) is 0 Å². The Morgan fingerprint density at radius 2 is 1.81 bits per heavy atom. The molecule has 0 atom stereocenters. The molecule has 1 aliphatic heterocycles. The van der Waals surface area contributed by atoms with E-state index in [1.54, 1.807) is 11.9 Å². The first kappa shape index (κ1) is 19.0. The summed E-state index contributed by atoms with van der Waals surface area (Å²) in [5, 5.41) is 16.6. The molecule has 1 aliphatic rings. The lowest BCUT2D eigenvalue weighted by Crippen LogP contribution is -2.50. The summed E-state index contributed by atoms with van der Waals surface area (Å²) >= 11 is 0. The number of hydrogen-bond acceptors (Lipinski definition) is 6. The molecule has 27 heavy (non-hydrogen) atoms. The molecule has 0 saturated carbocycles. The zero-order chi connectivity index (χ0) is 19.6. The average Bonchev–Trinajstić information content (AvgIpc) is 3.29. The number of carboxylic acid groups (broad SMARTS) is 1. The monoisotopic (exact) mass is 396 g/mol. The fourth-order valence-electron chi connectivity index (χ4n) is 2.80. The molecule has 11 nitrogen and oxygen atoms in total. The second-order valence-electron chi connectivity index (χ2n) is 6.18. The van der Waals surface area contributed by atoms with Gasteiger partial charge in [-0.15, -0.1) is 0 Å². The minimum atomic E-state index is -3.63. The number of carboxylic acids is 1. The Bertz CT molecular complexity index is 942. The summed E-state index contributed by atoms with van der Waals surface area (Å²) in [5.41, 5.74) is 0.351. The number of carbonyl (C=O) groups is 2. The SMILES string of the molecule is Cn1cc(S(=O)(=O)N2CCN(C(=O)c3cnn(CCC(=O)O)c3)CC2)cn1. The average molecular weight is 396 g/mol. The lowest BCUT2D eigenvalue weighted by Gasteiger charge is -2.33. The van der Waals surface area contributed by atoms with Crippen LogP contribution in [0.5, 0.6) is 0 Å². The van der Waals surface area contributed by atoms with Gasteiger partial charge >= 0.3 is 5.97 Å². The Kier molecular flexibility index (Phi) is 5.28. The number of rotatable bonds is 6. The summed E-state index contributed by atoms with van der Waals surface area (Å²) in [6, 6.07) is 0. The fourth-order valence-corrected chi connectivity index (χ4v) is 4.21. The molecule has 0 bridgehead atoms. The Morgan fingerprint density at radius 1 is 1.11 bits per heavy atom. The molecular weight excluding hydrogens is 376 g/mol. The van der Waals surface area contributed by atoms with Crippen molar-refractivity contribution >= 4 is 21.9 Å². The van der Waals surface area contributed by atoms with Gasteiger partial charge in [-0.3, -0.25) is 19.0 Å². The summed E-state index contributed by atoms with van der Waals surface area (Å²) in [6.07, 6.45) is 5.56. The maximum atomic E-state index is 12.6. The smallest absolute Gasteiger partial charge is 0.305 e. The highest BCUT2D eigenvalue weighted by Gasteiger charge is 2.31. The largest absolute Gasteiger partial charge is 0.481 e. The summed E-state index contributed by atoms with van der Waals surface area (Å²) in [5.74, 6) is -1.20. The van der Waals surface area contributed by atoms with Crippen LogP contribution in [0.15, 0.2) is 29.7 Å². The fraction of sp³-hybridized carbons (Fsp3) is 0.467. The molecule has 0 aliphatic carbocycles. The summed E-state index contributed by atoms with van der Waals surface area (Å²) < 4.78 is 29.3. The van der Waals surface area contributed by atoms with Crippen LogP contribution < -0.4 is 0 Å². The minimum absolute atomic E-state index is 0.0831. The Morgan fingerprint density at radius 3 is 2.41 bits per heavy atom. The molecule has 3 heterocycles. The highest BCUT2D eigenvalue weighted by molar-refractivity contribution is 7.89. The van der Waals surface area contributed by atoms with E-state index in [0.717, 1.165) is 0 Å². The molecule has 12 heteroatoms. The number of nitrogens with zero attached hydrogens (tertiary/aromatic N) is 6. The third-order valence-corrected chi connectivity index (χ3v) is 6.13. The number of hydrogen-bond donors (Lipinski definition) is 1. The predicted molar refractivity (Wildman–Crippen MR) is 92.4 cm³/mol. The van der Waals surface area contributed by atoms with Crippen molar-refractivity contribution in [3.05, 3.63) is 30.4 Å². The Hall–Kier alpha value is -2.73. The van der Waals surface area contributed by atoms with Gasteiger partial charge in [0.15, 0.2) is 0 Å². The van der Waals surface area contributed by atoms with E-state index in [9.17, 15) is 18.0 Å². The summed E-state index contributed by atoms with van der Waals surface area (Å²) in [7, 11) is -1.98. The van der Waals surface area contributed by atoms with Crippen molar-refractivity contribution < 1.29 is 23.1 Å². The lowest BCUT2D eigenvalue weighted by molar-refractivity contribution is -0.137. The number of carbonyl (C=O) groups excluding carboxylic acids is 1. The summed E-state index contributed by atoms with van der Waals surface area (Å²) in [4.78, 5) is 24.8. The van der Waals surface area contributed by atoms with E-state index in [4.69, 9.17) is 5.11 Å². The lowest BCUT2D eigenvalue weighted by atomic mass is 10.2. The molecule has 0 radical (unpaired) electrons. The van der Waals surface area contributed by atoms with E-state index in [0.29, 0.717) is 5.56 Å². The topological polar surface area (TPSA) is 131 Å². The predicted octanol–water partition coefficient (Wildman–Crippen LogP) is -0.762. The third-order valence-electron chi connectivity index (χ3n) is 4.28. The van der Waals surface area contributed by atoms with Crippen molar-refractivity contribution in [2.45, 2.75) is 17.9 Å². The molecule has 146 valence electrons. The Balaban J connectivity index is 1.60. The Labute approximate surface area is 155 Å². The van der Waals surface area contributed by atoms with Crippen LogP contribution in [0.2, 0.25) is 0 Å². The van der Waals surface area contributed by atoms with Gasteiger partial charge in [0.1, 0.15) is 4.90 Å². The minimum Gasteiger partial charge on any atom is -0.481 e. The van der Waals surface area contributed by atoms with Crippen LogP contribution in [0.1, 0.15) is 16.8 Å². The van der Waals surface area contributed by atoms with Crippen LogP contribution in [0.25, 0.3) is 0 Å². The normalized spacial score (nSPS) is 15.8. The zero-order valence-electron chi connectivity index (χ0n) is 14.7. The molecule has 3 rings (SSSR count). The maximum absolute atomic E-state index is 12.6. The highest BCUT2D eigenvalue weighted by atomic mass is 32.2. The molecular formula is C15H20N6O5S. The highest BCUT2D eigenvalue weighted by Crippen LogP contribution is 2.17. The van der Waals surface area contributed by atoms with Crippen molar-refractivity contribution in [1.82, 2.24) is 28.8 Å². The molecule has 1 saturated heterocycles. The molecule has 2 aromatic rings. The number of amides is 1. The van der Waals surface area contributed by atoms with Gasteiger partial charge in [0.05, 0.1) is 30.9 Å². The van der Waals surface area contributed by atoms with Crippen molar-refractivity contribution in [2.75, 3.05) is 26.2 Å². The van der Waals surface area contributed by atoms with Gasteiger partial charge < -0.3 is 10.0 Å². The molecule has 0 spiro atoms. The van der Waals surface area contributed by atoms with E-state index >= 15 is 0 Å². The van der Waals surface area contributed by atoms with Gasteiger partial charge in [-0.2, -0.15) is 14.5 Å². The van der Waals surface area contributed by atoms with E-state index in [2.05, 4.69) is 10.2 Å². The van der Waals surface area contributed by atoms with Crippen molar-refractivity contribution in [3.63, 3.8) is 0 Å². The third kappa shape index (κ3) is 4.17. The number of aryl methyl sites for hydroxylation is 2. The van der Waals surface area contributed by atoms with Crippen molar-refractivity contribution in [3.8, 4) is 0 Å².